The van der Waals surface area contributed by atoms with E-state index in [0.29, 0.717) is 70.7 Å². The largest absolute Gasteiger partial charge is 0.507 e. The topological polar surface area (TPSA) is 190 Å². The van der Waals surface area contributed by atoms with E-state index >= 15 is 0 Å². The van der Waals surface area contributed by atoms with E-state index in [9.17, 15) is 30.6 Å². The van der Waals surface area contributed by atoms with Crippen molar-refractivity contribution in [2.75, 3.05) is 125 Å². The maximum absolute atomic E-state index is 10.6. The van der Waals surface area contributed by atoms with E-state index in [4.69, 9.17) is 88.6 Å². The zero-order chi connectivity index (χ0) is 98.4. The summed E-state index contributed by atoms with van der Waals surface area (Å²) < 4.78 is 22.8. The number of alkyl halides is 6. The molecule has 12 aromatic rings. The number of hydrogen-bond donors (Lipinski definition) is 7. The third kappa shape index (κ3) is 17.9. The van der Waals surface area contributed by atoms with E-state index in [1.165, 1.54) is 78.6 Å². The molecule has 730 valence electrons. The number of anilines is 7. The highest BCUT2D eigenvalue weighted by Crippen LogP contribution is 2.59. The van der Waals surface area contributed by atoms with Gasteiger partial charge >= 0.3 is 0 Å². The van der Waals surface area contributed by atoms with Gasteiger partial charge in [0.1, 0.15) is 46.0 Å². The number of halogens is 6. The third-order valence-corrected chi connectivity index (χ3v) is 32.3. The molecule has 7 N–H and O–H groups in total. The summed E-state index contributed by atoms with van der Waals surface area (Å²) in [5.74, 6) is 9.12. The number of phenols is 6. The van der Waals surface area contributed by atoms with Gasteiger partial charge in [0.15, 0.2) is 11.5 Å². The van der Waals surface area contributed by atoms with Gasteiger partial charge in [-0.25, -0.2) is 0 Å². The molecule has 9 aliphatic heterocycles. The summed E-state index contributed by atoms with van der Waals surface area (Å²) in [6.07, 6.45) is 6.34. The van der Waals surface area contributed by atoms with Crippen molar-refractivity contribution in [3.8, 4) is 57.5 Å². The first-order valence-electron chi connectivity index (χ1n) is 48.9. The lowest BCUT2D eigenvalue weighted by molar-refractivity contribution is 0.174. The number of aryl methyl sites for hydroxylation is 2. The Morgan fingerprint density at radius 2 is 0.766 bits per heavy atom. The molecule has 0 radical (unpaired) electrons. The van der Waals surface area contributed by atoms with Gasteiger partial charge in [0.05, 0.1) is 13.7 Å². The van der Waals surface area contributed by atoms with Gasteiger partial charge in [-0.05, 0) is 266 Å². The highest BCUT2D eigenvalue weighted by Gasteiger charge is 2.46. The summed E-state index contributed by atoms with van der Waals surface area (Å²) in [5, 5.41) is 78.9. The quantitative estimate of drug-likeness (QED) is 0.0711. The second-order valence-electron chi connectivity index (χ2n) is 44.8. The van der Waals surface area contributed by atoms with Crippen LogP contribution in [0, 0.1) is 0 Å². The Balaban J connectivity index is 0.000000114. The van der Waals surface area contributed by atoms with Gasteiger partial charge in [-0.15, -0.1) is 69.6 Å². The van der Waals surface area contributed by atoms with Gasteiger partial charge < -0.3 is 84.3 Å². The average Bonchev–Trinajstić information content (AvgIpc) is 1.57. The van der Waals surface area contributed by atoms with Gasteiger partial charge in [0.2, 0.25) is 6.79 Å². The molecule has 10 aliphatic rings. The fourth-order valence-corrected chi connectivity index (χ4v) is 24.8. The maximum Gasteiger partial charge on any atom is 0.231 e. The molecule has 12 aromatic carbocycles. The van der Waals surface area contributed by atoms with Crippen LogP contribution in [0.15, 0.2) is 127 Å². The van der Waals surface area contributed by atoms with Crippen molar-refractivity contribution in [2.45, 2.75) is 256 Å². The minimum atomic E-state index is -0.0506. The highest BCUT2D eigenvalue weighted by atomic mass is 35.5. The monoisotopic (exact) mass is 1970 g/mol. The molecule has 0 bridgehead atoms. The van der Waals surface area contributed by atoms with Crippen LogP contribution in [-0.4, -0.2) is 164 Å². The number of rotatable bonds is 8. The number of nitrogens with one attached hydrogen (secondary N) is 1. The van der Waals surface area contributed by atoms with Crippen molar-refractivity contribution in [3.63, 3.8) is 0 Å². The van der Waals surface area contributed by atoms with Crippen LogP contribution in [-0.2, 0) is 25.7 Å². The second-order valence-corrected chi connectivity index (χ2v) is 47.3. The Bertz CT molecular complexity index is 6140. The molecule has 1 aliphatic carbocycles. The molecule has 17 nitrogen and oxygen atoms in total. The van der Waals surface area contributed by atoms with Crippen molar-refractivity contribution >= 4 is 174 Å². The Kier molecular flexibility index (Phi) is 27.1. The number of nitrogens with zero attached hydrogens (tertiary/aromatic N) is 6. The Hall–Kier alpha value is -9.46. The van der Waals surface area contributed by atoms with Crippen LogP contribution in [0.4, 0.5) is 39.8 Å². The van der Waals surface area contributed by atoms with E-state index in [0.717, 1.165) is 189 Å². The first kappa shape index (κ1) is 99.1. The van der Waals surface area contributed by atoms with Gasteiger partial charge in [-0.3, -0.25) is 0 Å². The molecule has 0 saturated heterocycles. The molecule has 23 heteroatoms. The SMILES string of the molecule is CC(C)(C)N1C[C@@H](CCl)c2c1cc(O)c1ccc3c(c21)CCC3.CC(C)(C)N1C[C@@H](CCl)c2c1cc(O)c1ccc3c(c21)CCN3.CC(C)(C)N1C[C@@H](CCl)c2c1cc(O)c1ccc3c(c21)OCC3.CC(C)(C)N1C[C@@H](CCl)c2c1cc(O)c1ccc3c(c21)OCO3.CC[C@@H](Cl)[C@@H]1CN(C(C)(C)C)c2cc(O)c3cccc(OC)c3c21.C[C@@H](Cl)[C@@H]1CN(C(C)(C)C)c2cc(O)c3ccccc3c21. The average molecular weight is 1980 g/mol. The van der Waals surface area contributed by atoms with E-state index < -0.39 is 0 Å². The van der Waals surface area contributed by atoms with Crippen LogP contribution >= 0.6 is 69.6 Å². The number of aromatic hydroxyl groups is 6. The minimum absolute atomic E-state index is 0.00414. The Morgan fingerprint density at radius 1 is 0.380 bits per heavy atom. The Labute approximate surface area is 839 Å². The van der Waals surface area contributed by atoms with Gasteiger partial charge in [0, 0.05) is 280 Å². The summed E-state index contributed by atoms with van der Waals surface area (Å²) in [6, 6.07) is 41.6. The molecule has 22 rings (SSSR count). The van der Waals surface area contributed by atoms with Crippen molar-refractivity contribution in [1.82, 2.24) is 0 Å². The first-order valence-corrected chi connectivity index (χ1v) is 51.9. The number of fused-ring (bicyclic) bond motifs is 26. The third-order valence-electron chi connectivity index (χ3n) is 29.9. The molecule has 137 heavy (non-hydrogen) atoms. The van der Waals surface area contributed by atoms with Crippen molar-refractivity contribution in [3.05, 3.63) is 183 Å². The van der Waals surface area contributed by atoms with Crippen LogP contribution in [0.1, 0.15) is 242 Å². The number of phenolic OH excluding ortho intramolecular Hbond substituents is 6. The fraction of sp³-hybridized carbons (Fsp3) is 0.474. The van der Waals surface area contributed by atoms with Crippen molar-refractivity contribution in [2.24, 2.45) is 0 Å². The molecule has 0 saturated carbocycles. The van der Waals surface area contributed by atoms with Crippen LogP contribution in [0.3, 0.4) is 0 Å². The summed E-state index contributed by atoms with van der Waals surface area (Å²) in [7, 11) is 1.68. The minimum Gasteiger partial charge on any atom is -0.507 e. The standard InChI is InChI=1S/C20H26ClNO2.C20H24ClNO.C19H23ClN2O.C19H22ClNO2.C18H20ClNO3.C18H22ClNO/c1-6-14(21)13-11-22(20(2,3)4)15-10-16(23)12-8-7-9-17(24-5)19(12)18(13)15;1-20(2,3)22-11-13(10-21)18-16(22)9-17(23)15-8-7-12-5-4-6-14(12)19(15)18;1-19(2,3)22-10-11(9-20)17-15(22)8-16(23)13-4-5-14-12(18(13)17)6-7-21-14;1-19(2,3)21-10-12(9-20)16-14(21)8-15(22)13-5-4-11-6-7-23-18(11)17(13)16;1-18(2,3)20-8-10(7-19)15-12(20)6-13(21)11-4-5-14-17(16(11)15)23-9-22-14;1-11(19)14-10-20(18(2,3)4)15-9-16(21)12-7-5-6-8-13(12)17(14)15/h7-10,13-14,23H,6,11H2,1-5H3;7-9,13,23H,4-6,10-11H2,1-3H3;4-5,8,11,21,23H,6-7,9-10H2,1-3H3;4-5,8,12,22H,6-7,9-10H2,1-3H3;4-6,10,21H,7-9H2,1-3H3;5-9,11,14,21H,10H2,1-4H3/t13-,14+;13-;11-;12-;10-;11-,14+/m011111/s1. The normalized spacial score (nSPS) is 19.6. The highest BCUT2D eigenvalue weighted by molar-refractivity contribution is 6.23. The smallest absolute Gasteiger partial charge is 0.231 e. The number of methoxy groups -OCH3 is 1. The molecule has 0 aromatic heterocycles. The summed E-state index contributed by atoms with van der Waals surface area (Å²) >= 11 is 38.5. The Morgan fingerprint density at radius 3 is 1.23 bits per heavy atom. The van der Waals surface area contributed by atoms with Crippen LogP contribution in [0.5, 0.6) is 57.5 Å². The molecular weight excluding hydrogens is 1840 g/mol. The molecule has 0 fully saturated rings. The number of hydrogen-bond acceptors (Lipinski definition) is 17. The molecule has 8 atom stereocenters. The van der Waals surface area contributed by atoms with E-state index in [-0.39, 0.29) is 80.2 Å². The lowest BCUT2D eigenvalue weighted by Crippen LogP contribution is -2.41. The summed E-state index contributed by atoms with van der Waals surface area (Å²) in [6.45, 7) is 51.0. The maximum atomic E-state index is 10.6. The van der Waals surface area contributed by atoms with E-state index in [1.807, 2.05) is 97.1 Å². The molecule has 9 heterocycles. The fourth-order valence-electron chi connectivity index (χ4n) is 23.4. The second kappa shape index (κ2) is 37.5. The summed E-state index contributed by atoms with van der Waals surface area (Å²) in [5.41, 5.74) is 20.8. The van der Waals surface area contributed by atoms with Crippen LogP contribution in [0.25, 0.3) is 64.6 Å². The molecule has 0 amide bonds. The zero-order valence-electron chi connectivity index (χ0n) is 83.4. The van der Waals surface area contributed by atoms with E-state index in [2.05, 4.69) is 204 Å². The number of ether oxygens (including phenoxy) is 4. The predicted octanol–water partition coefficient (Wildman–Crippen LogP) is 28.2. The zero-order valence-corrected chi connectivity index (χ0v) is 88.0. The van der Waals surface area contributed by atoms with Crippen molar-refractivity contribution in [1.29, 1.82) is 0 Å². The predicted molar refractivity (Wildman–Crippen MR) is 577 cm³/mol. The first-order chi connectivity index (χ1) is 64.7. The van der Waals surface area contributed by atoms with Gasteiger partial charge in [0.25, 0.3) is 0 Å². The van der Waals surface area contributed by atoms with Crippen LogP contribution in [0.2, 0.25) is 0 Å². The van der Waals surface area contributed by atoms with Gasteiger partial charge in [-0.2, -0.15) is 0 Å². The lowest BCUT2D eigenvalue weighted by Gasteiger charge is -2.35. The van der Waals surface area contributed by atoms with Crippen molar-refractivity contribution < 1.29 is 49.6 Å². The lowest BCUT2D eigenvalue weighted by atomic mass is 9.90. The van der Waals surface area contributed by atoms with Gasteiger partial charge in [-0.1, -0.05) is 67.6 Å². The molecule has 0 spiro atoms. The number of benzene rings is 12. The molecule has 0 unspecified atom stereocenters. The van der Waals surface area contributed by atoms with Crippen LogP contribution < -0.4 is 53.7 Å². The van der Waals surface area contributed by atoms with E-state index in [1.54, 1.807) is 7.11 Å². The summed E-state index contributed by atoms with van der Waals surface area (Å²) in [4.78, 5) is 14.2. The molecular formula is C114H137Cl6N7O10.